The molecular weight excluding hydrogens is 126 g/mol. The SMILES string of the molecule is C=CC[C@H](C)CNC(C)O. The van der Waals surface area contributed by atoms with E-state index in [9.17, 15) is 0 Å². The summed E-state index contributed by atoms with van der Waals surface area (Å²) >= 11 is 0. The molecule has 0 heterocycles. The minimum absolute atomic E-state index is 0.396. The Morgan fingerprint density at radius 3 is 2.60 bits per heavy atom. The van der Waals surface area contributed by atoms with Crippen molar-refractivity contribution in [3.05, 3.63) is 12.7 Å². The number of rotatable bonds is 5. The summed E-state index contributed by atoms with van der Waals surface area (Å²) in [5.41, 5.74) is 0. The molecule has 2 nitrogen and oxygen atoms in total. The van der Waals surface area contributed by atoms with E-state index >= 15 is 0 Å². The zero-order valence-electron chi connectivity index (χ0n) is 6.80. The van der Waals surface area contributed by atoms with Gasteiger partial charge in [0.15, 0.2) is 0 Å². The molecule has 0 saturated heterocycles. The van der Waals surface area contributed by atoms with Gasteiger partial charge in [0, 0.05) is 6.54 Å². The van der Waals surface area contributed by atoms with Gasteiger partial charge in [0.1, 0.15) is 6.23 Å². The molecular formula is C8H17NO. The second-order valence-corrected chi connectivity index (χ2v) is 2.71. The van der Waals surface area contributed by atoms with Crippen LogP contribution in [0.25, 0.3) is 0 Å². The molecule has 0 aliphatic rings. The van der Waals surface area contributed by atoms with Crippen LogP contribution in [0.15, 0.2) is 12.7 Å². The van der Waals surface area contributed by atoms with Crippen LogP contribution in [0.5, 0.6) is 0 Å². The Labute approximate surface area is 62.9 Å². The zero-order valence-corrected chi connectivity index (χ0v) is 6.80. The van der Waals surface area contributed by atoms with Gasteiger partial charge in [0.2, 0.25) is 0 Å². The maximum absolute atomic E-state index is 8.83. The van der Waals surface area contributed by atoms with Gasteiger partial charge in [-0.25, -0.2) is 0 Å². The summed E-state index contributed by atoms with van der Waals surface area (Å²) in [5.74, 6) is 0.562. The summed E-state index contributed by atoms with van der Waals surface area (Å²) in [6.07, 6.45) is 2.50. The predicted molar refractivity (Wildman–Crippen MR) is 43.7 cm³/mol. The summed E-state index contributed by atoms with van der Waals surface area (Å²) in [6, 6.07) is 0. The third-order valence-electron chi connectivity index (χ3n) is 1.33. The molecule has 2 atom stereocenters. The molecule has 2 N–H and O–H groups in total. The van der Waals surface area contributed by atoms with Crippen molar-refractivity contribution in [1.29, 1.82) is 0 Å². The number of aliphatic hydroxyl groups excluding tert-OH is 1. The van der Waals surface area contributed by atoms with Crippen LogP contribution in [0.1, 0.15) is 20.3 Å². The third kappa shape index (κ3) is 5.79. The Hall–Kier alpha value is -0.340. The van der Waals surface area contributed by atoms with Crippen molar-refractivity contribution in [2.24, 2.45) is 5.92 Å². The van der Waals surface area contributed by atoms with E-state index in [1.165, 1.54) is 0 Å². The highest BCUT2D eigenvalue weighted by molar-refractivity contribution is 4.71. The molecule has 2 heteroatoms. The molecule has 0 radical (unpaired) electrons. The van der Waals surface area contributed by atoms with Gasteiger partial charge < -0.3 is 5.11 Å². The molecule has 0 fully saturated rings. The summed E-state index contributed by atoms with van der Waals surface area (Å²) in [5, 5.41) is 11.8. The molecule has 0 bridgehead atoms. The molecule has 0 aromatic heterocycles. The average molecular weight is 143 g/mol. The van der Waals surface area contributed by atoms with Gasteiger partial charge in [-0.15, -0.1) is 6.58 Å². The fraction of sp³-hybridized carbons (Fsp3) is 0.750. The molecule has 0 aliphatic heterocycles. The Morgan fingerprint density at radius 1 is 1.60 bits per heavy atom. The van der Waals surface area contributed by atoms with Gasteiger partial charge in [-0.1, -0.05) is 13.0 Å². The highest BCUT2D eigenvalue weighted by atomic mass is 16.3. The van der Waals surface area contributed by atoms with E-state index in [1.54, 1.807) is 6.92 Å². The molecule has 0 rings (SSSR count). The van der Waals surface area contributed by atoms with Crippen molar-refractivity contribution in [3.8, 4) is 0 Å². The fourth-order valence-corrected chi connectivity index (χ4v) is 0.740. The van der Waals surface area contributed by atoms with Crippen molar-refractivity contribution in [2.45, 2.75) is 26.5 Å². The van der Waals surface area contributed by atoms with Gasteiger partial charge in [-0.3, -0.25) is 5.32 Å². The van der Waals surface area contributed by atoms with Gasteiger partial charge >= 0.3 is 0 Å². The van der Waals surface area contributed by atoms with Crippen LogP contribution >= 0.6 is 0 Å². The Bertz CT molecular complexity index is 91.3. The lowest BCUT2D eigenvalue weighted by Gasteiger charge is -2.11. The smallest absolute Gasteiger partial charge is 0.102 e. The minimum atomic E-state index is -0.396. The lowest BCUT2D eigenvalue weighted by molar-refractivity contribution is 0.151. The standard InChI is InChI=1S/C8H17NO/c1-4-5-7(2)6-9-8(3)10/h4,7-10H,1,5-6H2,2-3H3/t7-,8?/m0/s1. The van der Waals surface area contributed by atoms with E-state index < -0.39 is 6.23 Å². The molecule has 1 unspecified atom stereocenters. The first-order valence-corrected chi connectivity index (χ1v) is 3.69. The van der Waals surface area contributed by atoms with E-state index in [-0.39, 0.29) is 0 Å². The van der Waals surface area contributed by atoms with E-state index in [0.29, 0.717) is 5.92 Å². The first-order valence-electron chi connectivity index (χ1n) is 3.69. The molecule has 0 aromatic rings. The van der Waals surface area contributed by atoms with E-state index in [0.717, 1.165) is 13.0 Å². The monoisotopic (exact) mass is 143 g/mol. The van der Waals surface area contributed by atoms with E-state index in [4.69, 9.17) is 5.11 Å². The maximum atomic E-state index is 8.83. The summed E-state index contributed by atoms with van der Waals surface area (Å²) in [6.45, 7) is 8.33. The average Bonchev–Trinajstić information content (AvgIpc) is 1.85. The highest BCUT2D eigenvalue weighted by Crippen LogP contribution is 1.99. The van der Waals surface area contributed by atoms with Crippen LogP contribution in [-0.2, 0) is 0 Å². The number of allylic oxidation sites excluding steroid dienone is 1. The second kappa shape index (κ2) is 5.45. The Kier molecular flexibility index (Phi) is 5.26. The lowest BCUT2D eigenvalue weighted by atomic mass is 10.1. The molecule has 60 valence electrons. The molecule has 0 spiro atoms. The van der Waals surface area contributed by atoms with Crippen LogP contribution in [0.4, 0.5) is 0 Å². The predicted octanol–water partition coefficient (Wildman–Crippen LogP) is 1.13. The van der Waals surface area contributed by atoms with Crippen LogP contribution in [-0.4, -0.2) is 17.9 Å². The van der Waals surface area contributed by atoms with E-state index in [1.807, 2.05) is 6.08 Å². The van der Waals surface area contributed by atoms with Gasteiger partial charge in [-0.05, 0) is 19.3 Å². The van der Waals surface area contributed by atoms with Gasteiger partial charge in [-0.2, -0.15) is 0 Å². The highest BCUT2D eigenvalue weighted by Gasteiger charge is 1.99. The Balaban J connectivity index is 3.20. The van der Waals surface area contributed by atoms with Crippen molar-refractivity contribution in [1.82, 2.24) is 5.32 Å². The third-order valence-corrected chi connectivity index (χ3v) is 1.33. The van der Waals surface area contributed by atoms with Crippen molar-refractivity contribution in [3.63, 3.8) is 0 Å². The summed E-state index contributed by atoms with van der Waals surface area (Å²) in [4.78, 5) is 0. The number of hydrogen-bond acceptors (Lipinski definition) is 2. The number of hydrogen-bond donors (Lipinski definition) is 2. The topological polar surface area (TPSA) is 32.3 Å². The Morgan fingerprint density at radius 2 is 2.20 bits per heavy atom. The van der Waals surface area contributed by atoms with Crippen LogP contribution < -0.4 is 5.32 Å². The normalized spacial score (nSPS) is 16.3. The molecule has 0 aliphatic carbocycles. The first-order chi connectivity index (χ1) is 4.66. The molecule has 10 heavy (non-hydrogen) atoms. The van der Waals surface area contributed by atoms with Crippen molar-refractivity contribution in [2.75, 3.05) is 6.54 Å². The largest absolute Gasteiger partial charge is 0.379 e. The molecule has 0 saturated carbocycles. The van der Waals surface area contributed by atoms with Crippen LogP contribution in [0, 0.1) is 5.92 Å². The minimum Gasteiger partial charge on any atom is -0.379 e. The number of aliphatic hydroxyl groups is 1. The summed E-state index contributed by atoms with van der Waals surface area (Å²) in [7, 11) is 0. The maximum Gasteiger partial charge on any atom is 0.102 e. The first kappa shape index (κ1) is 9.66. The quantitative estimate of drug-likeness (QED) is 0.446. The lowest BCUT2D eigenvalue weighted by Crippen LogP contribution is -2.29. The van der Waals surface area contributed by atoms with Crippen LogP contribution in [0.2, 0.25) is 0 Å². The second-order valence-electron chi connectivity index (χ2n) is 2.71. The van der Waals surface area contributed by atoms with Crippen LogP contribution in [0.3, 0.4) is 0 Å². The summed E-state index contributed by atoms with van der Waals surface area (Å²) < 4.78 is 0. The van der Waals surface area contributed by atoms with Crippen molar-refractivity contribution >= 4 is 0 Å². The molecule has 0 aromatic carbocycles. The number of nitrogens with one attached hydrogen (secondary N) is 1. The fourth-order valence-electron chi connectivity index (χ4n) is 0.740. The van der Waals surface area contributed by atoms with Gasteiger partial charge in [0.25, 0.3) is 0 Å². The van der Waals surface area contributed by atoms with Gasteiger partial charge in [0.05, 0.1) is 0 Å². The zero-order chi connectivity index (χ0) is 7.98. The van der Waals surface area contributed by atoms with Crippen molar-refractivity contribution < 1.29 is 5.11 Å². The molecule has 0 amide bonds. The van der Waals surface area contributed by atoms with E-state index in [2.05, 4.69) is 18.8 Å².